The van der Waals surface area contributed by atoms with Crippen molar-refractivity contribution >= 4 is 23.1 Å². The Morgan fingerprint density at radius 1 is 1.30 bits per heavy atom. The van der Waals surface area contributed by atoms with Gasteiger partial charge in [-0.1, -0.05) is 0 Å². The zero-order chi connectivity index (χ0) is 17.0. The zero-order valence-electron chi connectivity index (χ0n) is 11.8. The Morgan fingerprint density at radius 3 is 2.61 bits per heavy atom. The lowest BCUT2D eigenvalue weighted by atomic mass is 10.2. The molecule has 11 heteroatoms. The van der Waals surface area contributed by atoms with Crippen LogP contribution in [-0.2, 0) is 11.3 Å². The molecule has 2 aromatic rings. The monoisotopic (exact) mass is 321 g/mol. The fraction of sp³-hybridized carbons (Fsp3) is 0.167. The van der Waals surface area contributed by atoms with Crippen molar-refractivity contribution in [1.82, 2.24) is 9.78 Å². The SMILES string of the molecule is COc1cc([N+](=O)[O-])ccc1NC(=O)Cn1ccc([N+](=O)[O-])n1. The molecule has 1 amide bonds. The third-order valence-corrected chi connectivity index (χ3v) is 2.79. The second-order valence-corrected chi connectivity index (χ2v) is 4.32. The van der Waals surface area contributed by atoms with Crippen LogP contribution < -0.4 is 10.1 Å². The van der Waals surface area contributed by atoms with Gasteiger partial charge in [0, 0.05) is 6.07 Å². The van der Waals surface area contributed by atoms with Crippen molar-refractivity contribution in [2.75, 3.05) is 12.4 Å². The van der Waals surface area contributed by atoms with Gasteiger partial charge in [0.25, 0.3) is 5.69 Å². The number of benzene rings is 1. The van der Waals surface area contributed by atoms with Crippen molar-refractivity contribution in [3.8, 4) is 5.75 Å². The molecule has 2 rings (SSSR count). The number of nitrogens with one attached hydrogen (secondary N) is 1. The highest BCUT2D eigenvalue weighted by Crippen LogP contribution is 2.28. The van der Waals surface area contributed by atoms with Crippen LogP contribution in [0.4, 0.5) is 17.2 Å². The number of methoxy groups -OCH3 is 1. The summed E-state index contributed by atoms with van der Waals surface area (Å²) in [5.74, 6) is -0.764. The summed E-state index contributed by atoms with van der Waals surface area (Å²) in [6, 6.07) is 4.89. The summed E-state index contributed by atoms with van der Waals surface area (Å²) in [5, 5.41) is 27.3. The molecule has 0 bridgehead atoms. The third-order valence-electron chi connectivity index (χ3n) is 2.79. The largest absolute Gasteiger partial charge is 0.494 e. The van der Waals surface area contributed by atoms with E-state index >= 15 is 0 Å². The van der Waals surface area contributed by atoms with E-state index in [1.807, 2.05) is 0 Å². The van der Waals surface area contributed by atoms with E-state index in [0.29, 0.717) is 0 Å². The molecule has 11 nitrogen and oxygen atoms in total. The predicted molar refractivity (Wildman–Crippen MR) is 77.2 cm³/mol. The smallest absolute Gasteiger partial charge is 0.389 e. The highest BCUT2D eigenvalue weighted by molar-refractivity contribution is 5.92. The number of anilines is 1. The number of nitro groups is 2. The molecule has 0 saturated heterocycles. The number of rotatable bonds is 6. The van der Waals surface area contributed by atoms with Crippen LogP contribution in [0.15, 0.2) is 30.5 Å². The van der Waals surface area contributed by atoms with Crippen LogP contribution >= 0.6 is 0 Å². The molecule has 120 valence electrons. The van der Waals surface area contributed by atoms with Crippen LogP contribution in [0.3, 0.4) is 0 Å². The number of hydrogen-bond acceptors (Lipinski definition) is 7. The summed E-state index contributed by atoms with van der Waals surface area (Å²) in [5.41, 5.74) is 0.0623. The summed E-state index contributed by atoms with van der Waals surface area (Å²) < 4.78 is 6.09. The lowest BCUT2D eigenvalue weighted by Gasteiger charge is -2.09. The molecule has 0 fully saturated rings. The first-order valence-corrected chi connectivity index (χ1v) is 6.21. The molecule has 1 aromatic carbocycles. The Balaban J connectivity index is 2.10. The molecule has 0 aliphatic rings. The predicted octanol–water partition coefficient (Wildman–Crippen LogP) is 1.35. The minimum Gasteiger partial charge on any atom is -0.494 e. The van der Waals surface area contributed by atoms with Gasteiger partial charge in [0.05, 0.1) is 41.1 Å². The molecule has 0 radical (unpaired) electrons. The number of carbonyl (C=O) groups excluding carboxylic acids is 1. The quantitative estimate of drug-likeness (QED) is 0.624. The summed E-state index contributed by atoms with van der Waals surface area (Å²) in [7, 11) is 1.31. The maximum atomic E-state index is 11.9. The number of amides is 1. The molecule has 1 heterocycles. The first-order chi connectivity index (χ1) is 10.9. The summed E-state index contributed by atoms with van der Waals surface area (Å²) >= 11 is 0. The Kier molecular flexibility index (Phi) is 4.50. The number of hydrogen-bond donors (Lipinski definition) is 1. The molecule has 1 aromatic heterocycles. The van der Waals surface area contributed by atoms with Crippen molar-refractivity contribution in [2.45, 2.75) is 6.54 Å². The lowest BCUT2D eigenvalue weighted by Crippen LogP contribution is -2.19. The van der Waals surface area contributed by atoms with E-state index in [1.54, 1.807) is 0 Å². The Labute approximate surface area is 128 Å². The van der Waals surface area contributed by atoms with E-state index in [2.05, 4.69) is 10.4 Å². The number of carbonyl (C=O) groups is 1. The van der Waals surface area contributed by atoms with Crippen LogP contribution in [0.5, 0.6) is 5.75 Å². The van der Waals surface area contributed by atoms with Crippen LogP contribution in [0.2, 0.25) is 0 Å². The highest BCUT2D eigenvalue weighted by atomic mass is 16.6. The Morgan fingerprint density at radius 2 is 2.04 bits per heavy atom. The third kappa shape index (κ3) is 3.78. The van der Waals surface area contributed by atoms with Gasteiger partial charge in [-0.25, -0.2) is 0 Å². The van der Waals surface area contributed by atoms with Crippen molar-refractivity contribution in [3.05, 3.63) is 50.7 Å². The van der Waals surface area contributed by atoms with E-state index in [-0.39, 0.29) is 29.5 Å². The van der Waals surface area contributed by atoms with Gasteiger partial charge in [0.2, 0.25) is 5.91 Å². The van der Waals surface area contributed by atoms with Crippen molar-refractivity contribution in [1.29, 1.82) is 0 Å². The molecule has 0 saturated carbocycles. The van der Waals surface area contributed by atoms with Gasteiger partial charge >= 0.3 is 5.82 Å². The van der Waals surface area contributed by atoms with Gasteiger partial charge in [0.1, 0.15) is 12.3 Å². The molecule has 0 aliphatic carbocycles. The first kappa shape index (κ1) is 15.9. The van der Waals surface area contributed by atoms with Crippen molar-refractivity contribution in [2.24, 2.45) is 0 Å². The van der Waals surface area contributed by atoms with Crippen LogP contribution in [-0.4, -0.2) is 32.6 Å². The van der Waals surface area contributed by atoms with Crippen molar-refractivity contribution < 1.29 is 19.4 Å². The number of nitro benzene ring substituents is 1. The number of non-ortho nitro benzene ring substituents is 1. The minimum absolute atomic E-state index is 0.124. The maximum Gasteiger partial charge on any atom is 0.389 e. The van der Waals surface area contributed by atoms with Crippen LogP contribution in [0.1, 0.15) is 0 Å². The van der Waals surface area contributed by atoms with Gasteiger partial charge in [0.15, 0.2) is 0 Å². The van der Waals surface area contributed by atoms with Gasteiger partial charge in [-0.2, -0.15) is 4.68 Å². The highest BCUT2D eigenvalue weighted by Gasteiger charge is 2.16. The fourth-order valence-electron chi connectivity index (χ4n) is 1.77. The molecule has 23 heavy (non-hydrogen) atoms. The van der Waals surface area contributed by atoms with E-state index < -0.39 is 15.8 Å². The van der Waals surface area contributed by atoms with Crippen LogP contribution in [0, 0.1) is 20.2 Å². The summed E-state index contributed by atoms with van der Waals surface area (Å²) in [6.45, 7) is -0.256. The Hall–Kier alpha value is -3.50. The standard InChI is InChI=1S/C12H11N5O6/c1-23-10-6-8(16(19)20)2-3-9(10)13-12(18)7-15-5-4-11(14-15)17(21)22/h2-6H,7H2,1H3,(H,13,18). The van der Waals surface area contributed by atoms with E-state index in [0.717, 1.165) is 4.68 Å². The summed E-state index contributed by atoms with van der Waals surface area (Å²) in [4.78, 5) is 31.9. The van der Waals surface area contributed by atoms with Gasteiger partial charge in [-0.15, -0.1) is 0 Å². The minimum atomic E-state index is -0.673. The summed E-state index contributed by atoms with van der Waals surface area (Å²) in [6.07, 6.45) is 1.30. The molecule has 0 unspecified atom stereocenters. The lowest BCUT2D eigenvalue weighted by molar-refractivity contribution is -0.389. The molecule has 1 N–H and O–H groups in total. The number of ether oxygens (including phenoxy) is 1. The molecular weight excluding hydrogens is 310 g/mol. The molecule has 0 aliphatic heterocycles. The van der Waals surface area contributed by atoms with E-state index in [9.17, 15) is 25.0 Å². The van der Waals surface area contributed by atoms with Crippen LogP contribution in [0.25, 0.3) is 0 Å². The number of nitrogens with zero attached hydrogens (tertiary/aromatic N) is 4. The van der Waals surface area contributed by atoms with Gasteiger partial charge in [-0.05, 0) is 11.0 Å². The first-order valence-electron chi connectivity index (χ1n) is 6.21. The maximum absolute atomic E-state index is 11.9. The second kappa shape index (κ2) is 6.51. The second-order valence-electron chi connectivity index (χ2n) is 4.32. The fourth-order valence-corrected chi connectivity index (χ4v) is 1.77. The average Bonchev–Trinajstić information content (AvgIpc) is 2.96. The van der Waals surface area contributed by atoms with E-state index in [4.69, 9.17) is 4.74 Å². The Bertz CT molecular complexity index is 771. The van der Waals surface area contributed by atoms with Gasteiger partial charge < -0.3 is 20.2 Å². The molecule has 0 spiro atoms. The van der Waals surface area contributed by atoms with Crippen molar-refractivity contribution in [3.63, 3.8) is 0 Å². The normalized spacial score (nSPS) is 10.1. The van der Waals surface area contributed by atoms with Gasteiger partial charge in [-0.3, -0.25) is 14.9 Å². The molecule has 0 atom stereocenters. The zero-order valence-corrected chi connectivity index (χ0v) is 11.8. The van der Waals surface area contributed by atoms with E-state index in [1.165, 1.54) is 37.6 Å². The molecular formula is C12H11N5O6. The topological polar surface area (TPSA) is 142 Å². The number of aromatic nitrogens is 2. The average molecular weight is 321 g/mol.